The molecule has 0 unspecified atom stereocenters. The SMILES string of the molecule is CC(=O)c1ccc(O)c2c1C(=O)c1c(NCCNCCO)ccc(NCCNCCO)c1C2=O. The van der Waals surface area contributed by atoms with Crippen molar-refractivity contribution in [1.29, 1.82) is 0 Å². The van der Waals surface area contributed by atoms with Crippen LogP contribution in [0.25, 0.3) is 0 Å². The Kier molecular flexibility index (Phi) is 8.72. The van der Waals surface area contributed by atoms with Crippen molar-refractivity contribution in [3.8, 4) is 5.75 Å². The molecule has 0 spiro atoms. The summed E-state index contributed by atoms with van der Waals surface area (Å²) in [7, 11) is 0. The number of carbonyl (C=O) groups is 3. The van der Waals surface area contributed by atoms with Crippen molar-refractivity contribution in [2.75, 3.05) is 63.1 Å². The van der Waals surface area contributed by atoms with Crippen LogP contribution in [-0.4, -0.2) is 85.2 Å². The van der Waals surface area contributed by atoms with Gasteiger partial charge < -0.3 is 36.6 Å². The third-order valence-electron chi connectivity index (χ3n) is 5.49. The molecule has 0 amide bonds. The van der Waals surface area contributed by atoms with Gasteiger partial charge in [-0.3, -0.25) is 14.4 Å². The van der Waals surface area contributed by atoms with Gasteiger partial charge in [-0.05, 0) is 31.2 Å². The van der Waals surface area contributed by atoms with E-state index in [1.54, 1.807) is 12.1 Å². The molecule has 182 valence electrons. The zero-order chi connectivity index (χ0) is 24.7. The molecule has 0 fully saturated rings. The van der Waals surface area contributed by atoms with E-state index in [-0.39, 0.29) is 52.6 Å². The Labute approximate surface area is 197 Å². The molecule has 34 heavy (non-hydrogen) atoms. The summed E-state index contributed by atoms with van der Waals surface area (Å²) in [4.78, 5) is 39.5. The lowest BCUT2D eigenvalue weighted by Gasteiger charge is -2.25. The predicted molar refractivity (Wildman–Crippen MR) is 128 cm³/mol. The molecular weight excluding hydrogens is 440 g/mol. The number of aliphatic hydroxyl groups excluding tert-OH is 2. The molecule has 1 aliphatic rings. The van der Waals surface area contributed by atoms with Crippen LogP contribution in [0.5, 0.6) is 5.75 Å². The summed E-state index contributed by atoms with van der Waals surface area (Å²) >= 11 is 0. The topological polar surface area (TPSA) is 160 Å². The fourth-order valence-electron chi connectivity index (χ4n) is 3.95. The van der Waals surface area contributed by atoms with Crippen molar-refractivity contribution in [3.63, 3.8) is 0 Å². The van der Waals surface area contributed by atoms with Gasteiger partial charge in [-0.2, -0.15) is 0 Å². The molecule has 0 radical (unpaired) electrons. The van der Waals surface area contributed by atoms with E-state index in [4.69, 9.17) is 10.2 Å². The summed E-state index contributed by atoms with van der Waals surface area (Å²) in [6.07, 6.45) is 0. The Bertz CT molecular complexity index is 1090. The number of anilines is 2. The first-order valence-electron chi connectivity index (χ1n) is 11.2. The number of aromatic hydroxyl groups is 1. The van der Waals surface area contributed by atoms with Crippen LogP contribution >= 0.6 is 0 Å². The lowest BCUT2D eigenvalue weighted by molar-refractivity contribution is 0.0966. The molecule has 7 N–H and O–H groups in total. The molecule has 10 nitrogen and oxygen atoms in total. The molecule has 0 aromatic heterocycles. The van der Waals surface area contributed by atoms with Crippen molar-refractivity contribution >= 4 is 28.7 Å². The highest BCUT2D eigenvalue weighted by atomic mass is 16.3. The molecule has 3 rings (SSSR count). The molecule has 0 heterocycles. The highest BCUT2D eigenvalue weighted by Gasteiger charge is 2.38. The lowest BCUT2D eigenvalue weighted by atomic mass is 9.79. The number of carbonyl (C=O) groups excluding carboxylic acids is 3. The maximum absolute atomic E-state index is 13.7. The third kappa shape index (κ3) is 5.26. The second kappa shape index (κ2) is 11.7. The van der Waals surface area contributed by atoms with Crippen molar-refractivity contribution < 1.29 is 29.7 Å². The second-order valence-electron chi connectivity index (χ2n) is 7.81. The Morgan fingerprint density at radius 1 is 0.706 bits per heavy atom. The number of phenolic OH excluding ortho intramolecular Hbond substituents is 1. The van der Waals surface area contributed by atoms with Gasteiger partial charge in [-0.15, -0.1) is 0 Å². The van der Waals surface area contributed by atoms with Crippen LogP contribution in [0.4, 0.5) is 11.4 Å². The van der Waals surface area contributed by atoms with Crippen LogP contribution < -0.4 is 21.3 Å². The average molecular weight is 471 g/mol. The highest BCUT2D eigenvalue weighted by Crippen LogP contribution is 2.40. The van der Waals surface area contributed by atoms with Crippen molar-refractivity contribution in [2.24, 2.45) is 0 Å². The van der Waals surface area contributed by atoms with Gasteiger partial charge in [0.15, 0.2) is 17.3 Å². The van der Waals surface area contributed by atoms with Crippen LogP contribution in [0.2, 0.25) is 0 Å². The van der Waals surface area contributed by atoms with E-state index in [2.05, 4.69) is 21.3 Å². The average Bonchev–Trinajstić information content (AvgIpc) is 2.82. The number of benzene rings is 2. The number of phenols is 1. The standard InChI is InChI=1S/C24H30N4O6/c1-14(31)15-2-5-18(32)22-19(15)23(33)20-16(27-8-6-25-10-12-29)3-4-17(21(20)24(22)34)28-9-7-26-11-13-30/h2-5,25-30,32H,6-13H2,1H3. The fourth-order valence-corrected chi connectivity index (χ4v) is 3.95. The summed E-state index contributed by atoms with van der Waals surface area (Å²) in [6, 6.07) is 6.00. The molecular formula is C24H30N4O6. The number of hydrogen-bond acceptors (Lipinski definition) is 10. The Morgan fingerprint density at radius 3 is 1.68 bits per heavy atom. The molecule has 2 aromatic carbocycles. The highest BCUT2D eigenvalue weighted by molar-refractivity contribution is 6.34. The maximum atomic E-state index is 13.7. The van der Waals surface area contributed by atoms with Gasteiger partial charge >= 0.3 is 0 Å². The van der Waals surface area contributed by atoms with Gasteiger partial charge in [-0.25, -0.2) is 0 Å². The van der Waals surface area contributed by atoms with Crippen molar-refractivity contribution in [2.45, 2.75) is 6.92 Å². The Hall–Kier alpha value is -3.31. The summed E-state index contributed by atoms with van der Waals surface area (Å²) in [5.74, 6) is -1.80. The monoisotopic (exact) mass is 470 g/mol. The smallest absolute Gasteiger partial charge is 0.200 e. The summed E-state index contributed by atoms with van der Waals surface area (Å²) < 4.78 is 0. The Morgan fingerprint density at radius 2 is 1.21 bits per heavy atom. The summed E-state index contributed by atoms with van der Waals surface area (Å²) in [5, 5.41) is 40.6. The summed E-state index contributed by atoms with van der Waals surface area (Å²) in [6.45, 7) is 4.07. The molecule has 0 aliphatic heterocycles. The molecule has 0 saturated carbocycles. The van der Waals surface area contributed by atoms with Crippen LogP contribution in [0.3, 0.4) is 0 Å². The van der Waals surface area contributed by atoms with Gasteiger partial charge in [0.05, 0.1) is 29.9 Å². The van der Waals surface area contributed by atoms with E-state index in [9.17, 15) is 19.5 Å². The minimum absolute atomic E-state index is 0.00398. The van der Waals surface area contributed by atoms with Crippen LogP contribution in [0, 0.1) is 0 Å². The molecule has 0 atom stereocenters. The summed E-state index contributed by atoms with van der Waals surface area (Å²) in [5.41, 5.74) is 0.957. The van der Waals surface area contributed by atoms with Gasteiger partial charge in [0.2, 0.25) is 0 Å². The van der Waals surface area contributed by atoms with E-state index in [0.29, 0.717) is 50.6 Å². The fraction of sp³-hybridized carbons (Fsp3) is 0.375. The molecule has 10 heteroatoms. The second-order valence-corrected chi connectivity index (χ2v) is 7.81. The van der Waals surface area contributed by atoms with E-state index >= 15 is 0 Å². The zero-order valence-electron chi connectivity index (χ0n) is 19.0. The van der Waals surface area contributed by atoms with E-state index < -0.39 is 11.6 Å². The van der Waals surface area contributed by atoms with Gasteiger partial charge in [-0.1, -0.05) is 0 Å². The Balaban J connectivity index is 2.04. The van der Waals surface area contributed by atoms with Gasteiger partial charge in [0.25, 0.3) is 0 Å². The largest absolute Gasteiger partial charge is 0.507 e. The number of fused-ring (bicyclic) bond motifs is 2. The lowest BCUT2D eigenvalue weighted by Crippen LogP contribution is -2.29. The predicted octanol–water partition coefficient (Wildman–Crippen LogP) is 0.358. The van der Waals surface area contributed by atoms with Crippen LogP contribution in [0.15, 0.2) is 24.3 Å². The zero-order valence-corrected chi connectivity index (χ0v) is 19.0. The number of aliphatic hydroxyl groups is 2. The third-order valence-corrected chi connectivity index (χ3v) is 5.49. The van der Waals surface area contributed by atoms with Crippen LogP contribution in [-0.2, 0) is 0 Å². The quantitative estimate of drug-likeness (QED) is 0.137. The van der Waals surface area contributed by atoms with E-state index in [1.807, 2.05) is 0 Å². The first-order chi connectivity index (χ1) is 16.4. The number of Topliss-reactive ketones (excluding diaryl/α,β-unsaturated/α-hetero) is 1. The number of rotatable bonds is 13. The maximum Gasteiger partial charge on any atom is 0.200 e. The van der Waals surface area contributed by atoms with E-state index in [0.717, 1.165) is 0 Å². The molecule has 0 bridgehead atoms. The molecule has 0 saturated heterocycles. The number of nitrogens with one attached hydrogen (secondary N) is 4. The van der Waals surface area contributed by atoms with Crippen molar-refractivity contribution in [3.05, 3.63) is 52.1 Å². The number of hydrogen-bond donors (Lipinski definition) is 7. The van der Waals surface area contributed by atoms with Gasteiger partial charge in [0.1, 0.15) is 5.75 Å². The minimum atomic E-state index is -0.543. The number of ketones is 3. The minimum Gasteiger partial charge on any atom is -0.507 e. The normalized spacial score (nSPS) is 12.3. The van der Waals surface area contributed by atoms with E-state index in [1.165, 1.54) is 19.1 Å². The van der Waals surface area contributed by atoms with Crippen LogP contribution in [0.1, 0.15) is 49.1 Å². The van der Waals surface area contributed by atoms with Gasteiger partial charge in [0, 0.05) is 61.8 Å². The molecule has 1 aliphatic carbocycles. The molecule has 2 aromatic rings. The first kappa shape index (κ1) is 25.3. The first-order valence-corrected chi connectivity index (χ1v) is 11.2. The van der Waals surface area contributed by atoms with Crippen molar-refractivity contribution in [1.82, 2.24) is 10.6 Å².